The lowest BCUT2D eigenvalue weighted by Gasteiger charge is -2.26. The number of hydrogen-bond donors (Lipinski definition) is 1. The van der Waals surface area contributed by atoms with Crippen LogP contribution in [-0.4, -0.2) is 38.1 Å². The first-order valence-corrected chi connectivity index (χ1v) is 15.9. The number of nitrogens with zero attached hydrogens (tertiary/aromatic N) is 2. The molecule has 0 spiro atoms. The zero-order valence-corrected chi connectivity index (χ0v) is 24.6. The summed E-state index contributed by atoms with van der Waals surface area (Å²) in [6.45, 7) is 1.88. The topological polar surface area (TPSA) is 88.1 Å². The third-order valence-electron chi connectivity index (χ3n) is 6.44. The average Bonchev–Trinajstić information content (AvgIpc) is 2.95. The summed E-state index contributed by atoms with van der Waals surface area (Å²) in [6, 6.07) is 27.5. The van der Waals surface area contributed by atoms with Gasteiger partial charge in [-0.25, -0.2) is 13.8 Å². The van der Waals surface area contributed by atoms with E-state index in [0.29, 0.717) is 10.6 Å². The number of aryl methyl sites for hydroxylation is 1. The molecule has 10 heteroatoms. The summed E-state index contributed by atoms with van der Waals surface area (Å²) < 4.78 is 35.0. The Morgan fingerprint density at radius 1 is 1.00 bits per heavy atom. The van der Waals surface area contributed by atoms with Gasteiger partial charge in [0.1, 0.15) is 11.9 Å². The molecule has 4 aromatic carbocycles. The second kappa shape index (κ2) is 12.8. The van der Waals surface area contributed by atoms with Crippen LogP contribution >= 0.6 is 23.4 Å². The Labute approximate surface area is 249 Å². The first kappa shape index (κ1) is 28.7. The van der Waals surface area contributed by atoms with E-state index in [2.05, 4.69) is 10.5 Å². The molecule has 41 heavy (non-hydrogen) atoms. The van der Waals surface area contributed by atoms with Gasteiger partial charge in [-0.3, -0.25) is 9.10 Å². The molecule has 1 amide bonds. The number of hydrogen-bond acceptors (Lipinski definition) is 6. The Hall–Kier alpha value is -3.79. The minimum atomic E-state index is -4.04. The fraction of sp³-hybridized carbons (Fsp3) is 0.161. The standard InChI is InChI=1S/C31H28ClN3O4S2/c1-22-6-16-28(17-7-22)41(37,38)35(19-24-8-12-25(32)13-9-24)30-5-3-2-4-29(30)31(36)34-33-18-23-10-14-26(15-11-23)39-27-20-40-21-27/h2-18,27H,19-21H2,1H3,(H,34,36)/b33-18+. The van der Waals surface area contributed by atoms with Crippen LogP contribution in [0.1, 0.15) is 27.0 Å². The van der Waals surface area contributed by atoms with E-state index in [1.165, 1.54) is 10.5 Å². The molecule has 1 heterocycles. The summed E-state index contributed by atoms with van der Waals surface area (Å²) in [5, 5.41) is 4.65. The van der Waals surface area contributed by atoms with Crippen molar-refractivity contribution in [3.05, 3.63) is 124 Å². The van der Waals surface area contributed by atoms with Crippen LogP contribution in [-0.2, 0) is 16.6 Å². The first-order chi connectivity index (χ1) is 19.8. The van der Waals surface area contributed by atoms with Gasteiger partial charge < -0.3 is 4.74 Å². The van der Waals surface area contributed by atoms with Crippen LogP contribution in [0.4, 0.5) is 5.69 Å². The Kier molecular flexibility index (Phi) is 8.97. The molecule has 0 unspecified atom stereocenters. The number of anilines is 1. The number of nitrogens with one attached hydrogen (secondary N) is 1. The predicted octanol–water partition coefficient (Wildman–Crippen LogP) is 6.30. The Morgan fingerprint density at radius 2 is 1.68 bits per heavy atom. The SMILES string of the molecule is Cc1ccc(S(=O)(=O)N(Cc2ccc(Cl)cc2)c2ccccc2C(=O)N/N=C/c2ccc(OC3CSC3)cc2)cc1. The molecule has 5 rings (SSSR count). The number of thioether (sulfide) groups is 1. The highest BCUT2D eigenvalue weighted by molar-refractivity contribution is 8.00. The van der Waals surface area contributed by atoms with E-state index in [-0.39, 0.29) is 28.8 Å². The molecule has 1 aliphatic heterocycles. The molecule has 0 saturated carbocycles. The largest absolute Gasteiger partial charge is 0.489 e. The van der Waals surface area contributed by atoms with Gasteiger partial charge in [0, 0.05) is 16.5 Å². The minimum absolute atomic E-state index is 0.00506. The number of carbonyl (C=O) groups is 1. The van der Waals surface area contributed by atoms with Crippen molar-refractivity contribution in [3.63, 3.8) is 0 Å². The van der Waals surface area contributed by atoms with Crippen LogP contribution < -0.4 is 14.5 Å². The van der Waals surface area contributed by atoms with Gasteiger partial charge in [0.2, 0.25) is 0 Å². The molecule has 0 radical (unpaired) electrons. The number of benzene rings is 4. The molecule has 1 N–H and O–H groups in total. The maximum Gasteiger partial charge on any atom is 0.273 e. The van der Waals surface area contributed by atoms with Crippen molar-refractivity contribution in [2.24, 2.45) is 5.10 Å². The van der Waals surface area contributed by atoms with Crippen LogP contribution in [0.3, 0.4) is 0 Å². The van der Waals surface area contributed by atoms with E-state index in [1.54, 1.807) is 72.8 Å². The summed E-state index contributed by atoms with van der Waals surface area (Å²) in [5.41, 5.74) is 5.35. The molecule has 1 fully saturated rings. The van der Waals surface area contributed by atoms with E-state index >= 15 is 0 Å². The van der Waals surface area contributed by atoms with Crippen molar-refractivity contribution in [1.82, 2.24) is 5.43 Å². The number of sulfonamides is 1. The highest BCUT2D eigenvalue weighted by atomic mass is 35.5. The van der Waals surface area contributed by atoms with E-state index in [9.17, 15) is 13.2 Å². The monoisotopic (exact) mass is 605 g/mol. The van der Waals surface area contributed by atoms with Gasteiger partial charge in [0.05, 0.1) is 28.9 Å². The number of amides is 1. The van der Waals surface area contributed by atoms with Crippen LogP contribution in [0.2, 0.25) is 5.02 Å². The van der Waals surface area contributed by atoms with Crippen LogP contribution in [0.15, 0.2) is 107 Å². The van der Waals surface area contributed by atoms with Crippen molar-refractivity contribution >= 4 is 51.2 Å². The third kappa shape index (κ3) is 7.11. The molecule has 0 aliphatic carbocycles. The maximum absolute atomic E-state index is 13.9. The molecule has 7 nitrogen and oxygen atoms in total. The number of ether oxygens (including phenoxy) is 1. The molecule has 0 atom stereocenters. The van der Waals surface area contributed by atoms with Gasteiger partial charge in [-0.2, -0.15) is 16.9 Å². The van der Waals surface area contributed by atoms with E-state index < -0.39 is 15.9 Å². The highest BCUT2D eigenvalue weighted by Gasteiger charge is 2.28. The van der Waals surface area contributed by atoms with Gasteiger partial charge in [0.15, 0.2) is 0 Å². The molecule has 210 valence electrons. The summed E-state index contributed by atoms with van der Waals surface area (Å²) in [6.07, 6.45) is 1.78. The fourth-order valence-electron chi connectivity index (χ4n) is 4.11. The first-order valence-electron chi connectivity index (χ1n) is 12.9. The summed E-state index contributed by atoms with van der Waals surface area (Å²) in [4.78, 5) is 13.4. The van der Waals surface area contributed by atoms with Crippen LogP contribution in [0.25, 0.3) is 0 Å². The maximum atomic E-state index is 13.9. The molecule has 1 aliphatic rings. The molecular weight excluding hydrogens is 578 g/mol. The summed E-state index contributed by atoms with van der Waals surface area (Å²) in [5.74, 6) is 2.25. The second-order valence-electron chi connectivity index (χ2n) is 9.51. The lowest BCUT2D eigenvalue weighted by molar-refractivity contribution is 0.0955. The number of carbonyl (C=O) groups excluding carboxylic acids is 1. The highest BCUT2D eigenvalue weighted by Crippen LogP contribution is 2.30. The van der Waals surface area contributed by atoms with Crippen molar-refractivity contribution in [1.29, 1.82) is 0 Å². The van der Waals surface area contributed by atoms with Crippen LogP contribution in [0, 0.1) is 6.92 Å². The number of para-hydroxylation sites is 1. The van der Waals surface area contributed by atoms with Crippen molar-refractivity contribution in [2.45, 2.75) is 24.5 Å². The normalized spacial score (nSPS) is 13.5. The summed E-state index contributed by atoms with van der Waals surface area (Å²) in [7, 11) is -4.04. The Morgan fingerprint density at radius 3 is 2.34 bits per heavy atom. The Bertz CT molecular complexity index is 1640. The predicted molar refractivity (Wildman–Crippen MR) is 166 cm³/mol. The minimum Gasteiger partial charge on any atom is -0.489 e. The van der Waals surface area contributed by atoms with E-state index in [4.69, 9.17) is 16.3 Å². The molecule has 0 bridgehead atoms. The van der Waals surface area contributed by atoms with E-state index in [1.807, 2.05) is 43.0 Å². The number of rotatable bonds is 10. The van der Waals surface area contributed by atoms with Gasteiger partial charge in [-0.05, 0) is 78.7 Å². The number of halogens is 1. The quantitative estimate of drug-likeness (QED) is 0.169. The zero-order valence-electron chi connectivity index (χ0n) is 22.2. The molecule has 1 saturated heterocycles. The third-order valence-corrected chi connectivity index (χ3v) is 9.68. The fourth-order valence-corrected chi connectivity index (χ4v) is 6.27. The van der Waals surface area contributed by atoms with E-state index in [0.717, 1.165) is 28.4 Å². The van der Waals surface area contributed by atoms with Gasteiger partial charge in [0.25, 0.3) is 15.9 Å². The lowest BCUT2D eigenvalue weighted by atomic mass is 10.1. The lowest BCUT2D eigenvalue weighted by Crippen LogP contribution is -2.33. The van der Waals surface area contributed by atoms with Crippen molar-refractivity contribution in [3.8, 4) is 5.75 Å². The average molecular weight is 606 g/mol. The van der Waals surface area contributed by atoms with Crippen LogP contribution in [0.5, 0.6) is 5.75 Å². The summed E-state index contributed by atoms with van der Waals surface area (Å²) >= 11 is 7.91. The van der Waals surface area contributed by atoms with Crippen molar-refractivity contribution < 1.29 is 17.9 Å². The molecule has 4 aromatic rings. The molecule has 0 aromatic heterocycles. The molecular formula is C31H28ClN3O4S2. The van der Waals surface area contributed by atoms with Gasteiger partial charge in [-0.1, -0.05) is 53.6 Å². The van der Waals surface area contributed by atoms with Crippen molar-refractivity contribution in [2.75, 3.05) is 15.8 Å². The Balaban J connectivity index is 1.39. The second-order valence-corrected chi connectivity index (χ2v) is 12.9. The van der Waals surface area contributed by atoms with Gasteiger partial charge in [-0.15, -0.1) is 0 Å². The number of hydrazone groups is 1. The smallest absolute Gasteiger partial charge is 0.273 e. The zero-order chi connectivity index (χ0) is 28.8. The van der Waals surface area contributed by atoms with Gasteiger partial charge >= 0.3 is 0 Å².